The molecule has 1 fully saturated rings. The van der Waals surface area contributed by atoms with Gasteiger partial charge in [-0.05, 0) is 43.4 Å². The van der Waals surface area contributed by atoms with Crippen LogP contribution in [0.4, 0.5) is 0 Å². The van der Waals surface area contributed by atoms with Crippen LogP contribution < -0.4 is 5.32 Å². The zero-order chi connectivity index (χ0) is 13.1. The van der Waals surface area contributed by atoms with Crippen molar-refractivity contribution in [1.29, 1.82) is 0 Å². The van der Waals surface area contributed by atoms with E-state index in [1.807, 2.05) is 0 Å². The Morgan fingerprint density at radius 3 is 2.72 bits per heavy atom. The van der Waals surface area contributed by atoms with Crippen LogP contribution in [-0.2, 0) is 0 Å². The van der Waals surface area contributed by atoms with E-state index in [0.717, 1.165) is 12.8 Å². The van der Waals surface area contributed by atoms with Crippen molar-refractivity contribution in [2.24, 2.45) is 5.92 Å². The summed E-state index contributed by atoms with van der Waals surface area (Å²) < 4.78 is 0. The van der Waals surface area contributed by atoms with Crippen molar-refractivity contribution in [3.05, 3.63) is 33.8 Å². The topological polar surface area (TPSA) is 49.3 Å². The number of carbonyl (C=O) groups is 1. The average Bonchev–Trinajstić information content (AvgIpc) is 3.16. The monoisotopic (exact) mass is 287 g/mol. The lowest BCUT2D eigenvalue weighted by Crippen LogP contribution is -2.27. The molecule has 5 heteroatoms. The lowest BCUT2D eigenvalue weighted by atomic mass is 10.1. The van der Waals surface area contributed by atoms with Crippen molar-refractivity contribution >= 4 is 29.1 Å². The van der Waals surface area contributed by atoms with Crippen LogP contribution in [0.1, 0.15) is 29.6 Å². The summed E-state index contributed by atoms with van der Waals surface area (Å²) in [5.74, 6) is 0.239. The van der Waals surface area contributed by atoms with E-state index in [-0.39, 0.29) is 12.0 Å². The molecule has 2 N–H and O–H groups in total. The minimum absolute atomic E-state index is 0.198. The van der Waals surface area contributed by atoms with Gasteiger partial charge in [-0.1, -0.05) is 23.2 Å². The number of aliphatic hydroxyl groups excluding tert-OH is 1. The second-order valence-corrected chi connectivity index (χ2v) is 5.39. The molecule has 0 radical (unpaired) electrons. The van der Waals surface area contributed by atoms with Gasteiger partial charge in [0.2, 0.25) is 0 Å². The fraction of sp³-hybridized carbons (Fsp3) is 0.462. The van der Waals surface area contributed by atoms with Crippen molar-refractivity contribution in [2.75, 3.05) is 6.54 Å². The Bertz CT molecular complexity index is 447. The van der Waals surface area contributed by atoms with Gasteiger partial charge in [-0.2, -0.15) is 0 Å². The predicted molar refractivity (Wildman–Crippen MR) is 72.1 cm³/mol. The van der Waals surface area contributed by atoms with Crippen molar-refractivity contribution < 1.29 is 9.90 Å². The summed E-state index contributed by atoms with van der Waals surface area (Å²) in [4.78, 5) is 11.8. The van der Waals surface area contributed by atoms with E-state index in [1.54, 1.807) is 12.1 Å². The van der Waals surface area contributed by atoms with Crippen LogP contribution >= 0.6 is 23.2 Å². The quantitative estimate of drug-likeness (QED) is 0.875. The highest BCUT2D eigenvalue weighted by atomic mass is 35.5. The number of hydrogen-bond donors (Lipinski definition) is 2. The molecule has 1 aromatic carbocycles. The number of halogens is 2. The fourth-order valence-corrected chi connectivity index (χ4v) is 2.09. The minimum atomic E-state index is -0.292. The molecule has 0 heterocycles. The summed E-state index contributed by atoms with van der Waals surface area (Å²) >= 11 is 11.6. The van der Waals surface area contributed by atoms with E-state index in [2.05, 4.69) is 5.32 Å². The normalized spacial score (nSPS) is 16.4. The molecule has 0 spiro atoms. The zero-order valence-corrected chi connectivity index (χ0v) is 11.3. The molecule has 18 heavy (non-hydrogen) atoms. The highest BCUT2D eigenvalue weighted by molar-refractivity contribution is 6.42. The molecule has 1 amide bonds. The van der Waals surface area contributed by atoms with Gasteiger partial charge in [0.15, 0.2) is 0 Å². The first kappa shape index (κ1) is 13.7. The second kappa shape index (κ2) is 5.91. The van der Waals surface area contributed by atoms with Crippen LogP contribution in [0.5, 0.6) is 0 Å². The molecule has 0 unspecified atom stereocenters. The summed E-state index contributed by atoms with van der Waals surface area (Å²) in [6.45, 7) is 0.469. The first-order valence-corrected chi connectivity index (χ1v) is 6.75. The fourth-order valence-electron chi connectivity index (χ4n) is 1.79. The summed E-state index contributed by atoms with van der Waals surface area (Å²) in [6.07, 6.45) is 2.50. The maximum absolute atomic E-state index is 11.8. The lowest BCUT2D eigenvalue weighted by Gasteiger charge is -2.10. The largest absolute Gasteiger partial charge is 0.393 e. The molecule has 2 rings (SSSR count). The van der Waals surface area contributed by atoms with Crippen LogP contribution in [0.25, 0.3) is 0 Å². The highest BCUT2D eigenvalue weighted by Gasteiger charge is 2.29. The molecular weight excluding hydrogens is 273 g/mol. The molecule has 0 saturated heterocycles. The van der Waals surface area contributed by atoms with E-state index in [4.69, 9.17) is 23.2 Å². The summed E-state index contributed by atoms with van der Waals surface area (Å²) in [7, 11) is 0. The van der Waals surface area contributed by atoms with Crippen molar-refractivity contribution in [2.45, 2.75) is 25.4 Å². The van der Waals surface area contributed by atoms with Gasteiger partial charge in [0.25, 0.3) is 5.91 Å². The molecule has 0 aliphatic heterocycles. The van der Waals surface area contributed by atoms with E-state index in [1.165, 1.54) is 6.07 Å². The number of aliphatic hydroxyl groups is 1. The molecular formula is C13H15Cl2NO2. The first-order valence-electron chi connectivity index (χ1n) is 5.99. The van der Waals surface area contributed by atoms with Crippen LogP contribution in [-0.4, -0.2) is 23.7 Å². The summed E-state index contributed by atoms with van der Waals surface area (Å²) in [5.41, 5.74) is 0.477. The Kier molecular flexibility index (Phi) is 4.49. The van der Waals surface area contributed by atoms with Gasteiger partial charge in [0, 0.05) is 12.1 Å². The SMILES string of the molecule is O=C(NCC[C@@H](O)C1CC1)c1ccc(Cl)c(Cl)c1. The second-order valence-electron chi connectivity index (χ2n) is 4.58. The minimum Gasteiger partial charge on any atom is -0.393 e. The molecule has 1 aromatic rings. The van der Waals surface area contributed by atoms with Gasteiger partial charge >= 0.3 is 0 Å². The molecule has 98 valence electrons. The molecule has 3 nitrogen and oxygen atoms in total. The third kappa shape index (κ3) is 3.61. The van der Waals surface area contributed by atoms with Gasteiger partial charge < -0.3 is 10.4 Å². The van der Waals surface area contributed by atoms with Gasteiger partial charge in [-0.25, -0.2) is 0 Å². The molecule has 1 saturated carbocycles. The smallest absolute Gasteiger partial charge is 0.251 e. The van der Waals surface area contributed by atoms with Crippen LogP contribution in [0.15, 0.2) is 18.2 Å². The number of benzene rings is 1. The highest BCUT2D eigenvalue weighted by Crippen LogP contribution is 2.33. The third-order valence-electron chi connectivity index (χ3n) is 3.07. The molecule has 1 atom stereocenters. The Morgan fingerprint density at radius 1 is 1.39 bits per heavy atom. The van der Waals surface area contributed by atoms with Gasteiger partial charge in [-0.15, -0.1) is 0 Å². The van der Waals surface area contributed by atoms with Crippen molar-refractivity contribution in [1.82, 2.24) is 5.32 Å². The van der Waals surface area contributed by atoms with Crippen molar-refractivity contribution in [3.8, 4) is 0 Å². The Hall–Kier alpha value is -0.770. The molecule has 1 aliphatic rings. The third-order valence-corrected chi connectivity index (χ3v) is 3.81. The zero-order valence-electron chi connectivity index (χ0n) is 9.83. The predicted octanol–water partition coefficient (Wildman–Crippen LogP) is 2.88. The van der Waals surface area contributed by atoms with Gasteiger partial charge in [0.1, 0.15) is 0 Å². The maximum atomic E-state index is 11.8. The Balaban J connectivity index is 1.81. The first-order chi connectivity index (χ1) is 8.58. The number of hydrogen-bond acceptors (Lipinski definition) is 2. The summed E-state index contributed by atoms with van der Waals surface area (Å²) in [6, 6.07) is 4.76. The van der Waals surface area contributed by atoms with E-state index in [9.17, 15) is 9.90 Å². The standard InChI is InChI=1S/C13H15Cl2NO2/c14-10-4-3-9(7-11(10)15)13(18)16-6-5-12(17)8-1-2-8/h3-4,7-8,12,17H,1-2,5-6H2,(H,16,18)/t12-/m1/s1. The number of rotatable bonds is 5. The Morgan fingerprint density at radius 2 is 2.11 bits per heavy atom. The average molecular weight is 288 g/mol. The van der Waals surface area contributed by atoms with Gasteiger partial charge in [0.05, 0.1) is 16.1 Å². The summed E-state index contributed by atoms with van der Waals surface area (Å²) in [5, 5.41) is 13.2. The van der Waals surface area contributed by atoms with E-state index in [0.29, 0.717) is 34.5 Å². The maximum Gasteiger partial charge on any atom is 0.251 e. The molecule has 0 aromatic heterocycles. The number of nitrogens with one attached hydrogen (secondary N) is 1. The van der Waals surface area contributed by atoms with E-state index >= 15 is 0 Å². The molecule has 0 bridgehead atoms. The number of amides is 1. The van der Waals surface area contributed by atoms with Crippen LogP contribution in [0.3, 0.4) is 0 Å². The van der Waals surface area contributed by atoms with E-state index < -0.39 is 0 Å². The Labute approximate surface area is 116 Å². The van der Waals surface area contributed by atoms with Gasteiger partial charge in [-0.3, -0.25) is 4.79 Å². The lowest BCUT2D eigenvalue weighted by molar-refractivity contribution is 0.0937. The molecule has 1 aliphatic carbocycles. The van der Waals surface area contributed by atoms with Crippen LogP contribution in [0.2, 0.25) is 10.0 Å². The van der Waals surface area contributed by atoms with Crippen LogP contribution in [0, 0.1) is 5.92 Å². The van der Waals surface area contributed by atoms with Crippen molar-refractivity contribution in [3.63, 3.8) is 0 Å². The number of carbonyl (C=O) groups excluding carboxylic acids is 1.